The molecule has 2 aliphatic heterocycles. The standard InChI is InChI=1S/C26H29ClN4O5S/c1-16-14-21-20-4-2-3-5-22(20)28-24(21)25(31(16)23(32)15-27)17-6-8-19(9-7-17)37(35,36)29-18-10-12-30(13-11-18)26(33)34/h2-9,16,18,25,28-29H,10-15H2,1H3,(H,33,34)/t16-,25+/m0/s1. The van der Waals surface area contributed by atoms with Gasteiger partial charge in [0.25, 0.3) is 0 Å². The van der Waals surface area contributed by atoms with Gasteiger partial charge < -0.3 is 19.9 Å². The van der Waals surface area contributed by atoms with Crippen molar-refractivity contribution in [1.82, 2.24) is 19.5 Å². The number of nitrogens with one attached hydrogen (secondary N) is 2. The molecule has 9 nitrogen and oxygen atoms in total. The van der Waals surface area contributed by atoms with E-state index in [-0.39, 0.29) is 28.8 Å². The molecule has 11 heteroatoms. The first-order valence-corrected chi connectivity index (χ1v) is 14.3. The van der Waals surface area contributed by atoms with Crippen LogP contribution in [0.1, 0.15) is 42.6 Å². The molecule has 2 aliphatic rings. The number of aromatic amines is 1. The summed E-state index contributed by atoms with van der Waals surface area (Å²) in [7, 11) is -3.80. The molecule has 1 aromatic heterocycles. The van der Waals surface area contributed by atoms with Crippen molar-refractivity contribution in [1.29, 1.82) is 0 Å². The number of aromatic nitrogens is 1. The van der Waals surface area contributed by atoms with E-state index in [0.29, 0.717) is 32.4 Å². The molecule has 0 saturated carbocycles. The number of likely N-dealkylation sites (tertiary alicyclic amines) is 1. The van der Waals surface area contributed by atoms with Crippen molar-refractivity contribution in [3.05, 3.63) is 65.4 Å². The summed E-state index contributed by atoms with van der Waals surface area (Å²) in [4.78, 5) is 30.7. The summed E-state index contributed by atoms with van der Waals surface area (Å²) in [6, 6.07) is 13.8. The van der Waals surface area contributed by atoms with E-state index in [1.54, 1.807) is 29.2 Å². The molecule has 0 bridgehead atoms. The summed E-state index contributed by atoms with van der Waals surface area (Å²) in [6.07, 6.45) is 0.536. The van der Waals surface area contributed by atoms with Crippen LogP contribution in [-0.4, -0.2) is 71.4 Å². The molecule has 3 heterocycles. The number of amides is 2. The number of halogens is 1. The van der Waals surface area contributed by atoms with Crippen LogP contribution in [0.2, 0.25) is 0 Å². The number of carboxylic acid groups (broad SMARTS) is 1. The molecule has 0 unspecified atom stereocenters. The Bertz CT molecular complexity index is 1430. The Balaban J connectivity index is 1.44. The Hall–Kier alpha value is -3.08. The number of nitrogens with zero attached hydrogens (tertiary/aromatic N) is 2. The quantitative estimate of drug-likeness (QED) is 0.423. The van der Waals surface area contributed by atoms with Gasteiger partial charge in [-0.2, -0.15) is 0 Å². The maximum absolute atomic E-state index is 13.1. The van der Waals surface area contributed by atoms with Gasteiger partial charge in [0.1, 0.15) is 5.88 Å². The number of hydrogen-bond acceptors (Lipinski definition) is 4. The molecular formula is C26H29ClN4O5S. The molecule has 196 valence electrons. The van der Waals surface area contributed by atoms with Crippen molar-refractivity contribution in [3.8, 4) is 0 Å². The zero-order chi connectivity index (χ0) is 26.3. The van der Waals surface area contributed by atoms with E-state index >= 15 is 0 Å². The smallest absolute Gasteiger partial charge is 0.407 e. The number of rotatable bonds is 5. The molecule has 2 aromatic carbocycles. The number of hydrogen-bond donors (Lipinski definition) is 3. The second-order valence-electron chi connectivity index (χ2n) is 9.69. The van der Waals surface area contributed by atoms with Gasteiger partial charge in [0.2, 0.25) is 15.9 Å². The first kappa shape index (κ1) is 25.6. The summed E-state index contributed by atoms with van der Waals surface area (Å²) in [5.41, 5.74) is 3.84. The van der Waals surface area contributed by atoms with Crippen LogP contribution in [0.3, 0.4) is 0 Å². The van der Waals surface area contributed by atoms with Gasteiger partial charge in [-0.15, -0.1) is 11.6 Å². The highest BCUT2D eigenvalue weighted by molar-refractivity contribution is 7.89. The van der Waals surface area contributed by atoms with Gasteiger partial charge in [0.15, 0.2) is 0 Å². The zero-order valence-electron chi connectivity index (χ0n) is 20.4. The second kappa shape index (κ2) is 10.00. The normalized spacial score (nSPS) is 20.7. The third kappa shape index (κ3) is 4.81. The van der Waals surface area contributed by atoms with Gasteiger partial charge in [-0.3, -0.25) is 4.79 Å². The molecule has 37 heavy (non-hydrogen) atoms. The molecule has 3 N–H and O–H groups in total. The van der Waals surface area contributed by atoms with Crippen LogP contribution < -0.4 is 4.72 Å². The van der Waals surface area contributed by atoms with Crippen molar-refractivity contribution < 1.29 is 23.1 Å². The summed E-state index contributed by atoms with van der Waals surface area (Å²) >= 11 is 5.99. The minimum atomic E-state index is -3.80. The molecule has 5 rings (SSSR count). The number of para-hydroxylation sites is 1. The van der Waals surface area contributed by atoms with E-state index < -0.39 is 22.2 Å². The number of piperidine rings is 1. The van der Waals surface area contributed by atoms with Crippen molar-refractivity contribution in [2.24, 2.45) is 0 Å². The van der Waals surface area contributed by atoms with Crippen molar-refractivity contribution >= 4 is 44.5 Å². The lowest BCUT2D eigenvalue weighted by atomic mass is 9.88. The average molecular weight is 545 g/mol. The number of carbonyl (C=O) groups excluding carboxylic acids is 1. The highest BCUT2D eigenvalue weighted by atomic mass is 35.5. The fourth-order valence-corrected chi connectivity index (χ4v) is 7.00. The van der Waals surface area contributed by atoms with E-state index in [1.807, 2.05) is 25.1 Å². The van der Waals surface area contributed by atoms with Gasteiger partial charge in [-0.05, 0) is 55.5 Å². The molecule has 0 spiro atoms. The van der Waals surface area contributed by atoms with Crippen LogP contribution >= 0.6 is 11.6 Å². The maximum Gasteiger partial charge on any atom is 0.407 e. The van der Waals surface area contributed by atoms with Gasteiger partial charge in [-0.25, -0.2) is 17.9 Å². The highest BCUT2D eigenvalue weighted by Crippen LogP contribution is 2.41. The number of alkyl halides is 1. The molecule has 3 aromatic rings. The van der Waals surface area contributed by atoms with Crippen LogP contribution in [0, 0.1) is 0 Å². The summed E-state index contributed by atoms with van der Waals surface area (Å²) < 4.78 is 28.8. The SMILES string of the molecule is C[C@H]1Cc2c([nH]c3ccccc23)[C@@H](c2ccc(S(=O)(=O)NC3CCN(C(=O)O)CC3)cc2)N1C(=O)CCl. The minimum absolute atomic E-state index is 0.0929. The second-order valence-corrected chi connectivity index (χ2v) is 11.7. The molecule has 1 saturated heterocycles. The van der Waals surface area contributed by atoms with Gasteiger partial charge in [-0.1, -0.05) is 30.3 Å². The number of sulfonamides is 1. The number of benzene rings is 2. The van der Waals surface area contributed by atoms with Crippen molar-refractivity contribution in [3.63, 3.8) is 0 Å². The lowest BCUT2D eigenvalue weighted by Crippen LogP contribution is -2.47. The molecule has 1 fully saturated rings. The van der Waals surface area contributed by atoms with Crippen molar-refractivity contribution in [2.75, 3.05) is 19.0 Å². The number of carbonyl (C=O) groups is 2. The van der Waals surface area contributed by atoms with Crippen LogP contribution in [-0.2, 0) is 21.2 Å². The molecule has 2 atom stereocenters. The minimum Gasteiger partial charge on any atom is -0.465 e. The lowest BCUT2D eigenvalue weighted by Gasteiger charge is -2.40. The molecule has 0 radical (unpaired) electrons. The van der Waals surface area contributed by atoms with Crippen LogP contribution in [0.5, 0.6) is 0 Å². The Kier molecular flexibility index (Phi) is 6.91. The Morgan fingerprint density at radius 2 is 1.78 bits per heavy atom. The first-order valence-electron chi connectivity index (χ1n) is 12.3. The molecule has 0 aliphatic carbocycles. The topological polar surface area (TPSA) is 123 Å². The van der Waals surface area contributed by atoms with Crippen LogP contribution in [0.15, 0.2) is 53.4 Å². The van der Waals surface area contributed by atoms with Crippen LogP contribution in [0.4, 0.5) is 4.79 Å². The highest BCUT2D eigenvalue weighted by Gasteiger charge is 2.38. The zero-order valence-corrected chi connectivity index (χ0v) is 21.9. The van der Waals surface area contributed by atoms with Gasteiger partial charge >= 0.3 is 6.09 Å². The third-order valence-electron chi connectivity index (χ3n) is 7.37. The van der Waals surface area contributed by atoms with E-state index in [9.17, 15) is 18.0 Å². The number of fused-ring (bicyclic) bond motifs is 3. The van der Waals surface area contributed by atoms with Gasteiger partial charge in [0, 0.05) is 41.8 Å². The fraction of sp³-hybridized carbons (Fsp3) is 0.385. The fourth-order valence-electron chi connectivity index (χ4n) is 5.55. The monoisotopic (exact) mass is 544 g/mol. The van der Waals surface area contributed by atoms with Crippen LogP contribution in [0.25, 0.3) is 10.9 Å². The summed E-state index contributed by atoms with van der Waals surface area (Å²) in [5, 5.41) is 10.2. The van der Waals surface area contributed by atoms with E-state index in [1.165, 1.54) is 4.90 Å². The Morgan fingerprint density at radius 1 is 1.11 bits per heavy atom. The number of H-pyrrole nitrogens is 1. The molecular weight excluding hydrogens is 516 g/mol. The van der Waals surface area contributed by atoms with E-state index in [0.717, 1.165) is 27.7 Å². The van der Waals surface area contributed by atoms with E-state index in [2.05, 4.69) is 15.8 Å². The Labute approximate surface area is 220 Å². The van der Waals surface area contributed by atoms with E-state index in [4.69, 9.17) is 16.7 Å². The van der Waals surface area contributed by atoms with Gasteiger partial charge in [0.05, 0.1) is 10.9 Å². The predicted molar refractivity (Wildman–Crippen MR) is 140 cm³/mol. The third-order valence-corrected chi connectivity index (χ3v) is 9.13. The largest absolute Gasteiger partial charge is 0.465 e. The van der Waals surface area contributed by atoms with Crippen molar-refractivity contribution in [2.45, 2.75) is 49.2 Å². The summed E-state index contributed by atoms with van der Waals surface area (Å²) in [5.74, 6) is -0.331. The summed E-state index contributed by atoms with van der Waals surface area (Å²) in [6.45, 7) is 2.58. The first-order chi connectivity index (χ1) is 17.7. The maximum atomic E-state index is 13.1. The lowest BCUT2D eigenvalue weighted by molar-refractivity contribution is -0.133. The average Bonchev–Trinajstić information content (AvgIpc) is 3.25. The molecule has 2 amide bonds. The predicted octanol–water partition coefficient (Wildman–Crippen LogP) is 3.69. The Morgan fingerprint density at radius 3 is 2.43 bits per heavy atom.